The molecule has 1 atom stereocenters. The number of amides is 2. The minimum absolute atomic E-state index is 0.237. The number of H-pyrrole nitrogens is 2. The zero-order valence-electron chi connectivity index (χ0n) is 7.78. The molecule has 0 aliphatic heterocycles. The van der Waals surface area contributed by atoms with E-state index < -0.39 is 11.7 Å². The molecule has 2 amide bonds. The Morgan fingerprint density at radius 3 is 2.73 bits per heavy atom. The molecule has 15 heavy (non-hydrogen) atoms. The number of hydrogen-bond donors (Lipinski definition) is 6. The molecule has 0 bridgehead atoms. The topological polar surface area (TPSA) is 124 Å². The zero-order valence-corrected chi connectivity index (χ0v) is 8.67. The number of nitrogens with one attached hydrogen (secondary N) is 3. The Morgan fingerprint density at radius 2 is 2.27 bits per heavy atom. The second-order valence-electron chi connectivity index (χ2n) is 2.94. The maximum Gasteiger partial charge on any atom is 0.325 e. The summed E-state index contributed by atoms with van der Waals surface area (Å²) in [6.07, 6.45) is 0.438. The van der Waals surface area contributed by atoms with Gasteiger partial charge in [-0.3, -0.25) is 4.98 Å². The summed E-state index contributed by atoms with van der Waals surface area (Å²) in [5.41, 5.74) is 4.67. The lowest BCUT2D eigenvalue weighted by atomic mass is 10.2. The van der Waals surface area contributed by atoms with Crippen molar-refractivity contribution in [2.24, 2.45) is 5.73 Å². The van der Waals surface area contributed by atoms with Crippen LogP contribution in [-0.2, 0) is 0 Å². The van der Waals surface area contributed by atoms with E-state index in [0.717, 1.165) is 0 Å². The SMILES string of the molecule is NC(=O)NCCC(S)c1[nH]c(=O)[nH]c1O. The number of hydrogen-bond acceptors (Lipinski definition) is 4. The third-order valence-corrected chi connectivity index (χ3v) is 2.30. The molecule has 6 N–H and O–H groups in total. The van der Waals surface area contributed by atoms with Crippen LogP contribution < -0.4 is 16.7 Å². The highest BCUT2D eigenvalue weighted by Gasteiger charge is 2.14. The van der Waals surface area contributed by atoms with Crippen LogP contribution in [0.1, 0.15) is 17.4 Å². The minimum Gasteiger partial charge on any atom is -0.493 e. The van der Waals surface area contributed by atoms with Gasteiger partial charge in [0.1, 0.15) is 0 Å². The van der Waals surface area contributed by atoms with Crippen molar-refractivity contribution < 1.29 is 9.90 Å². The highest BCUT2D eigenvalue weighted by atomic mass is 32.1. The first-order chi connectivity index (χ1) is 7.00. The lowest BCUT2D eigenvalue weighted by molar-refractivity contribution is 0.249. The van der Waals surface area contributed by atoms with E-state index in [9.17, 15) is 14.7 Å². The Morgan fingerprint density at radius 1 is 1.60 bits per heavy atom. The van der Waals surface area contributed by atoms with Gasteiger partial charge in [-0.05, 0) is 6.42 Å². The van der Waals surface area contributed by atoms with Crippen LogP contribution in [-0.4, -0.2) is 27.7 Å². The molecule has 1 unspecified atom stereocenters. The Labute approximate surface area is 90.5 Å². The zero-order chi connectivity index (χ0) is 11.4. The van der Waals surface area contributed by atoms with Crippen molar-refractivity contribution in [2.45, 2.75) is 11.7 Å². The summed E-state index contributed by atoms with van der Waals surface area (Å²) in [4.78, 5) is 25.7. The smallest absolute Gasteiger partial charge is 0.325 e. The number of carbonyl (C=O) groups excluding carboxylic acids is 1. The molecule has 0 aromatic carbocycles. The molecule has 0 spiro atoms. The van der Waals surface area contributed by atoms with E-state index in [-0.39, 0.29) is 11.1 Å². The van der Waals surface area contributed by atoms with Crippen molar-refractivity contribution in [3.05, 3.63) is 16.2 Å². The number of urea groups is 1. The molecule has 0 aliphatic rings. The summed E-state index contributed by atoms with van der Waals surface area (Å²) in [6, 6.07) is -0.623. The fourth-order valence-corrected chi connectivity index (χ4v) is 1.42. The van der Waals surface area contributed by atoms with Crippen LogP contribution in [0, 0.1) is 0 Å². The molecule has 0 saturated carbocycles. The van der Waals surface area contributed by atoms with E-state index in [2.05, 4.69) is 27.9 Å². The van der Waals surface area contributed by atoms with Gasteiger partial charge in [0.25, 0.3) is 0 Å². The fraction of sp³-hybridized carbons (Fsp3) is 0.429. The number of aromatic hydroxyl groups is 1. The van der Waals surface area contributed by atoms with Crippen LogP contribution in [0.5, 0.6) is 5.88 Å². The molecule has 8 heteroatoms. The number of thiol groups is 1. The first-order valence-electron chi connectivity index (χ1n) is 4.23. The molecule has 1 aromatic heterocycles. The van der Waals surface area contributed by atoms with Crippen LogP contribution >= 0.6 is 12.6 Å². The van der Waals surface area contributed by atoms with E-state index in [4.69, 9.17) is 5.73 Å². The molecule has 0 saturated heterocycles. The highest BCUT2D eigenvalue weighted by molar-refractivity contribution is 7.80. The molecule has 84 valence electrons. The second kappa shape index (κ2) is 4.78. The predicted octanol–water partition coefficient (Wildman–Crippen LogP) is -0.562. The van der Waals surface area contributed by atoms with Gasteiger partial charge in [0.2, 0.25) is 5.88 Å². The Hall–Kier alpha value is -1.57. The number of aromatic nitrogens is 2. The molecule has 1 rings (SSSR count). The first-order valence-corrected chi connectivity index (χ1v) is 4.75. The van der Waals surface area contributed by atoms with Crippen molar-refractivity contribution in [2.75, 3.05) is 6.54 Å². The van der Waals surface area contributed by atoms with Gasteiger partial charge >= 0.3 is 11.7 Å². The van der Waals surface area contributed by atoms with Crippen molar-refractivity contribution in [1.29, 1.82) is 0 Å². The van der Waals surface area contributed by atoms with Crippen molar-refractivity contribution in [3.8, 4) is 5.88 Å². The predicted molar refractivity (Wildman–Crippen MR) is 57.0 cm³/mol. The molecule has 1 aromatic rings. The highest BCUT2D eigenvalue weighted by Crippen LogP contribution is 2.26. The van der Waals surface area contributed by atoms with E-state index in [0.29, 0.717) is 18.7 Å². The maximum absolute atomic E-state index is 10.8. The van der Waals surface area contributed by atoms with Crippen LogP contribution in [0.3, 0.4) is 0 Å². The molecular weight excluding hydrogens is 220 g/mol. The number of nitrogens with two attached hydrogens (primary N) is 1. The van der Waals surface area contributed by atoms with Gasteiger partial charge < -0.3 is 21.1 Å². The van der Waals surface area contributed by atoms with Gasteiger partial charge in [-0.15, -0.1) is 0 Å². The summed E-state index contributed by atoms with van der Waals surface area (Å²) in [5, 5.41) is 11.3. The lowest BCUT2D eigenvalue weighted by Crippen LogP contribution is -2.30. The van der Waals surface area contributed by atoms with Crippen LogP contribution in [0.4, 0.5) is 4.79 Å². The summed E-state index contributed by atoms with van der Waals surface area (Å²) < 4.78 is 0. The fourth-order valence-electron chi connectivity index (χ4n) is 1.11. The molecule has 0 fully saturated rings. The summed E-state index contributed by atoms with van der Waals surface area (Å²) in [7, 11) is 0. The van der Waals surface area contributed by atoms with Crippen LogP contribution in [0.25, 0.3) is 0 Å². The number of aromatic amines is 2. The average molecular weight is 232 g/mol. The molecule has 0 radical (unpaired) electrons. The molecular formula is C7H12N4O3S. The van der Waals surface area contributed by atoms with Gasteiger partial charge in [0.05, 0.1) is 5.69 Å². The van der Waals surface area contributed by atoms with Gasteiger partial charge in [0, 0.05) is 11.8 Å². The third kappa shape index (κ3) is 3.24. The standard InChI is InChI=1S/C7H12N4O3S/c8-6(13)9-2-1-3(15)4-5(12)11-7(14)10-4/h3,12,15H,1-2H2,(H3,8,9,13)(H2,10,11,14). The van der Waals surface area contributed by atoms with E-state index in [1.54, 1.807) is 0 Å². The van der Waals surface area contributed by atoms with Gasteiger partial charge in [-0.25, -0.2) is 9.59 Å². The number of carbonyl (C=O) groups is 1. The Bertz CT molecular complexity index is 399. The van der Waals surface area contributed by atoms with E-state index in [1.807, 2.05) is 0 Å². The quantitative estimate of drug-likeness (QED) is 0.390. The molecule has 1 heterocycles. The second-order valence-corrected chi connectivity index (χ2v) is 3.56. The van der Waals surface area contributed by atoms with Gasteiger partial charge in [0.15, 0.2) is 0 Å². The number of imidazole rings is 1. The molecule has 0 aliphatic carbocycles. The van der Waals surface area contributed by atoms with Gasteiger partial charge in [-0.1, -0.05) is 0 Å². The Balaban J connectivity index is 2.53. The third-order valence-electron chi connectivity index (χ3n) is 1.79. The number of rotatable bonds is 4. The van der Waals surface area contributed by atoms with Crippen molar-refractivity contribution in [3.63, 3.8) is 0 Å². The van der Waals surface area contributed by atoms with Crippen molar-refractivity contribution >= 4 is 18.7 Å². The number of primary amides is 1. The summed E-state index contributed by atoms with van der Waals surface area (Å²) in [6.45, 7) is 0.316. The average Bonchev–Trinajstić information content (AvgIpc) is 2.44. The van der Waals surface area contributed by atoms with Crippen LogP contribution in [0.15, 0.2) is 4.79 Å². The normalized spacial score (nSPS) is 12.3. The molecule has 7 nitrogen and oxygen atoms in total. The summed E-state index contributed by atoms with van der Waals surface area (Å²) in [5.74, 6) is -0.237. The first kappa shape index (κ1) is 11.5. The monoisotopic (exact) mass is 232 g/mol. The maximum atomic E-state index is 10.8. The van der Waals surface area contributed by atoms with E-state index >= 15 is 0 Å². The van der Waals surface area contributed by atoms with Crippen LogP contribution in [0.2, 0.25) is 0 Å². The Kier molecular flexibility index (Phi) is 3.67. The van der Waals surface area contributed by atoms with Gasteiger partial charge in [-0.2, -0.15) is 12.6 Å². The largest absolute Gasteiger partial charge is 0.493 e. The minimum atomic E-state index is -0.623. The van der Waals surface area contributed by atoms with Crippen molar-refractivity contribution in [1.82, 2.24) is 15.3 Å². The lowest BCUT2D eigenvalue weighted by Gasteiger charge is -2.08. The van der Waals surface area contributed by atoms with E-state index in [1.165, 1.54) is 0 Å². The summed E-state index contributed by atoms with van der Waals surface area (Å²) >= 11 is 4.16.